The highest BCUT2D eigenvalue weighted by molar-refractivity contribution is 6.32. The Kier molecular flexibility index (Phi) is 6.01. The summed E-state index contributed by atoms with van der Waals surface area (Å²) in [6, 6.07) is 13.3. The van der Waals surface area contributed by atoms with Gasteiger partial charge in [0.25, 0.3) is 5.91 Å². The number of carbonyl (C=O) groups is 1. The molecule has 3 rings (SSSR count). The average Bonchev–Trinajstić information content (AvgIpc) is 2.65. The van der Waals surface area contributed by atoms with E-state index in [9.17, 15) is 4.79 Å². The number of likely N-dealkylation sites (N-methyl/N-ethyl adjacent to an activating group) is 1. The zero-order valence-corrected chi connectivity index (χ0v) is 15.8. The van der Waals surface area contributed by atoms with Crippen LogP contribution in [0, 0.1) is 0 Å². The number of hydrogen-bond acceptors (Lipinski definition) is 4. The zero-order chi connectivity index (χ0) is 18.5. The highest BCUT2D eigenvalue weighted by Crippen LogP contribution is 2.38. The van der Waals surface area contributed by atoms with Crippen LogP contribution in [0.15, 0.2) is 42.5 Å². The topological polar surface area (TPSA) is 42.0 Å². The molecule has 138 valence electrons. The molecule has 0 N–H and O–H groups in total. The minimum Gasteiger partial charge on any atom is -0.486 e. The molecule has 2 aromatic rings. The summed E-state index contributed by atoms with van der Waals surface area (Å²) < 4.78 is 11.1. The van der Waals surface area contributed by atoms with Crippen LogP contribution >= 0.6 is 11.6 Å². The van der Waals surface area contributed by atoms with Gasteiger partial charge in [-0.15, -0.1) is 0 Å². The minimum absolute atomic E-state index is 0.0745. The van der Waals surface area contributed by atoms with Gasteiger partial charge in [-0.3, -0.25) is 4.79 Å². The molecular formula is C20H23ClN2O3. The number of fused-ring (bicyclic) bond motifs is 1. The second-order valence-corrected chi connectivity index (χ2v) is 6.91. The van der Waals surface area contributed by atoms with Crippen molar-refractivity contribution < 1.29 is 14.3 Å². The van der Waals surface area contributed by atoms with Gasteiger partial charge < -0.3 is 19.3 Å². The first-order valence-corrected chi connectivity index (χ1v) is 8.99. The quantitative estimate of drug-likeness (QED) is 0.778. The van der Waals surface area contributed by atoms with E-state index in [1.807, 2.05) is 49.3 Å². The predicted octanol–water partition coefficient (Wildman–Crippen LogP) is 3.32. The smallest absolute Gasteiger partial charge is 0.254 e. The summed E-state index contributed by atoms with van der Waals surface area (Å²) in [6.07, 6.45) is 0. The standard InChI is InChI=1S/C20H23ClN2O3/c1-22(2)8-9-23(14-15-6-4-3-5-7-15)20(24)16-12-17(21)19-18(13-16)25-10-11-26-19/h3-7,12-13H,8-11,14H2,1-2H3. The highest BCUT2D eigenvalue weighted by atomic mass is 35.5. The van der Waals surface area contributed by atoms with Crippen molar-refractivity contribution in [1.29, 1.82) is 0 Å². The van der Waals surface area contributed by atoms with Gasteiger partial charge in [-0.25, -0.2) is 0 Å². The van der Waals surface area contributed by atoms with Crippen LogP contribution in [0.4, 0.5) is 0 Å². The fourth-order valence-electron chi connectivity index (χ4n) is 2.79. The van der Waals surface area contributed by atoms with Gasteiger partial charge in [0.05, 0.1) is 5.02 Å². The monoisotopic (exact) mass is 374 g/mol. The molecule has 0 atom stereocenters. The largest absolute Gasteiger partial charge is 0.486 e. The molecule has 0 bridgehead atoms. The van der Waals surface area contributed by atoms with Crippen molar-refractivity contribution >= 4 is 17.5 Å². The maximum Gasteiger partial charge on any atom is 0.254 e. The van der Waals surface area contributed by atoms with Crippen LogP contribution in [-0.4, -0.2) is 56.1 Å². The van der Waals surface area contributed by atoms with E-state index in [4.69, 9.17) is 21.1 Å². The number of halogens is 1. The Balaban J connectivity index is 1.85. The first-order valence-electron chi connectivity index (χ1n) is 8.61. The summed E-state index contributed by atoms with van der Waals surface area (Å²) in [5, 5.41) is 0.401. The Labute approximate surface area is 159 Å². The van der Waals surface area contributed by atoms with Gasteiger partial charge in [-0.05, 0) is 31.8 Å². The molecule has 0 spiro atoms. The van der Waals surface area contributed by atoms with E-state index < -0.39 is 0 Å². The number of amides is 1. The van der Waals surface area contributed by atoms with E-state index in [0.29, 0.717) is 48.4 Å². The predicted molar refractivity (Wildman–Crippen MR) is 102 cm³/mol. The van der Waals surface area contributed by atoms with E-state index in [1.165, 1.54) is 0 Å². The molecule has 0 unspecified atom stereocenters. The Hall–Kier alpha value is -2.24. The Morgan fingerprint density at radius 2 is 1.81 bits per heavy atom. The van der Waals surface area contributed by atoms with E-state index in [1.54, 1.807) is 12.1 Å². The molecule has 0 aliphatic carbocycles. The average molecular weight is 375 g/mol. The fourth-order valence-corrected chi connectivity index (χ4v) is 3.06. The molecule has 0 radical (unpaired) electrons. The third-order valence-corrected chi connectivity index (χ3v) is 4.45. The highest BCUT2D eigenvalue weighted by Gasteiger charge is 2.22. The second kappa shape index (κ2) is 8.43. The van der Waals surface area contributed by atoms with Gasteiger partial charge in [-0.1, -0.05) is 41.9 Å². The van der Waals surface area contributed by atoms with E-state index >= 15 is 0 Å². The SMILES string of the molecule is CN(C)CCN(Cc1ccccc1)C(=O)c1cc(Cl)c2c(c1)OCCO2. The van der Waals surface area contributed by atoms with Crippen molar-refractivity contribution in [2.24, 2.45) is 0 Å². The summed E-state index contributed by atoms with van der Waals surface area (Å²) in [7, 11) is 3.98. The number of carbonyl (C=O) groups excluding carboxylic acids is 1. The van der Waals surface area contributed by atoms with Gasteiger partial charge in [0.1, 0.15) is 13.2 Å². The maximum absolute atomic E-state index is 13.2. The lowest BCUT2D eigenvalue weighted by molar-refractivity contribution is 0.0731. The van der Waals surface area contributed by atoms with Gasteiger partial charge in [0.15, 0.2) is 11.5 Å². The Morgan fingerprint density at radius 1 is 1.08 bits per heavy atom. The molecule has 1 aliphatic rings. The lowest BCUT2D eigenvalue weighted by Gasteiger charge is -2.26. The maximum atomic E-state index is 13.2. The first kappa shape index (κ1) is 18.5. The molecular weight excluding hydrogens is 352 g/mol. The number of hydrogen-bond donors (Lipinski definition) is 0. The molecule has 6 heteroatoms. The van der Waals surface area contributed by atoms with Gasteiger partial charge in [0.2, 0.25) is 0 Å². The van der Waals surface area contributed by atoms with Gasteiger partial charge >= 0.3 is 0 Å². The number of nitrogens with zero attached hydrogens (tertiary/aromatic N) is 2. The van der Waals surface area contributed by atoms with Crippen LogP contribution in [0.3, 0.4) is 0 Å². The number of benzene rings is 2. The van der Waals surface area contributed by atoms with Gasteiger partial charge in [0, 0.05) is 25.2 Å². The van der Waals surface area contributed by atoms with E-state index in [0.717, 1.165) is 12.1 Å². The third kappa shape index (κ3) is 4.48. The normalized spacial score (nSPS) is 12.9. The summed E-state index contributed by atoms with van der Waals surface area (Å²) in [5.74, 6) is 0.964. The van der Waals surface area contributed by atoms with Crippen LogP contribution in [0.2, 0.25) is 5.02 Å². The van der Waals surface area contributed by atoms with E-state index in [-0.39, 0.29) is 5.91 Å². The van der Waals surface area contributed by atoms with Crippen molar-refractivity contribution in [2.45, 2.75) is 6.54 Å². The molecule has 0 fully saturated rings. The minimum atomic E-state index is -0.0745. The van der Waals surface area contributed by atoms with Crippen LogP contribution in [0.5, 0.6) is 11.5 Å². The van der Waals surface area contributed by atoms with Crippen molar-refractivity contribution in [3.8, 4) is 11.5 Å². The lowest BCUT2D eigenvalue weighted by atomic mass is 10.1. The number of ether oxygens (including phenoxy) is 2. The lowest BCUT2D eigenvalue weighted by Crippen LogP contribution is -2.36. The van der Waals surface area contributed by atoms with Gasteiger partial charge in [-0.2, -0.15) is 0 Å². The molecule has 1 heterocycles. The van der Waals surface area contributed by atoms with Crippen LogP contribution < -0.4 is 9.47 Å². The molecule has 0 aromatic heterocycles. The first-order chi connectivity index (χ1) is 12.5. The Bertz CT molecular complexity index is 765. The van der Waals surface area contributed by atoms with Crippen LogP contribution in [0.1, 0.15) is 15.9 Å². The summed E-state index contributed by atoms with van der Waals surface area (Å²) in [6.45, 7) is 2.85. The summed E-state index contributed by atoms with van der Waals surface area (Å²) in [4.78, 5) is 17.0. The number of rotatable bonds is 6. The molecule has 0 saturated carbocycles. The zero-order valence-electron chi connectivity index (χ0n) is 15.1. The molecule has 5 nitrogen and oxygen atoms in total. The molecule has 2 aromatic carbocycles. The van der Waals surface area contributed by atoms with Crippen LogP contribution in [0.25, 0.3) is 0 Å². The van der Waals surface area contributed by atoms with Crippen molar-refractivity contribution in [3.63, 3.8) is 0 Å². The summed E-state index contributed by atoms with van der Waals surface area (Å²) in [5.41, 5.74) is 1.59. The fraction of sp³-hybridized carbons (Fsp3) is 0.350. The van der Waals surface area contributed by atoms with Crippen molar-refractivity contribution in [2.75, 3.05) is 40.4 Å². The van der Waals surface area contributed by atoms with Crippen molar-refractivity contribution in [1.82, 2.24) is 9.80 Å². The molecule has 1 aliphatic heterocycles. The molecule has 1 amide bonds. The Morgan fingerprint density at radius 3 is 2.54 bits per heavy atom. The molecule has 0 saturated heterocycles. The van der Waals surface area contributed by atoms with Crippen LogP contribution in [-0.2, 0) is 6.54 Å². The van der Waals surface area contributed by atoms with E-state index in [2.05, 4.69) is 4.90 Å². The van der Waals surface area contributed by atoms with Crippen molar-refractivity contribution in [3.05, 3.63) is 58.6 Å². The third-order valence-electron chi connectivity index (χ3n) is 4.16. The second-order valence-electron chi connectivity index (χ2n) is 6.50. The molecule has 26 heavy (non-hydrogen) atoms. The summed E-state index contributed by atoms with van der Waals surface area (Å²) >= 11 is 6.30.